The summed E-state index contributed by atoms with van der Waals surface area (Å²) in [5.41, 5.74) is 2.68. The highest BCUT2D eigenvalue weighted by atomic mass is 32.2. The predicted octanol–water partition coefficient (Wildman–Crippen LogP) is 5.01. The van der Waals surface area contributed by atoms with Crippen molar-refractivity contribution in [3.8, 4) is 0 Å². The number of halogens is 2. The molecule has 1 aliphatic rings. The lowest BCUT2D eigenvalue weighted by Gasteiger charge is -2.16. The van der Waals surface area contributed by atoms with Gasteiger partial charge in [-0.1, -0.05) is 32.0 Å². The highest BCUT2D eigenvalue weighted by Crippen LogP contribution is 2.40. The lowest BCUT2D eigenvalue weighted by Crippen LogP contribution is -2.32. The fraction of sp³-hybridized carbons (Fsp3) is 0.238. The van der Waals surface area contributed by atoms with E-state index in [-0.39, 0.29) is 21.4 Å². The van der Waals surface area contributed by atoms with Gasteiger partial charge in [0.1, 0.15) is 11.6 Å². The van der Waals surface area contributed by atoms with Gasteiger partial charge in [0, 0.05) is 11.3 Å². The highest BCUT2D eigenvalue weighted by molar-refractivity contribution is 8.04. The zero-order valence-electron chi connectivity index (χ0n) is 15.5. The summed E-state index contributed by atoms with van der Waals surface area (Å²) >= 11 is 1.27. The van der Waals surface area contributed by atoms with Crippen LogP contribution in [0.4, 0.5) is 14.5 Å². The van der Waals surface area contributed by atoms with E-state index in [1.54, 1.807) is 6.07 Å². The van der Waals surface area contributed by atoms with E-state index in [4.69, 9.17) is 0 Å². The summed E-state index contributed by atoms with van der Waals surface area (Å²) in [4.78, 5) is 27.2. The molecule has 0 bridgehead atoms. The maximum absolute atomic E-state index is 14.3. The van der Waals surface area contributed by atoms with E-state index in [2.05, 4.69) is 0 Å². The standard InChI is InChI=1S/C21H19F2NO2S/c1-11(2)27-19-18(14-6-5-12(3)13(4)9-14)20(25)24(21(19)26)17-8-7-15(22)10-16(17)23/h5-11H,1-4H3. The number of rotatable bonds is 4. The van der Waals surface area contributed by atoms with Crippen molar-refractivity contribution in [1.29, 1.82) is 0 Å². The van der Waals surface area contributed by atoms with Crippen molar-refractivity contribution in [2.75, 3.05) is 4.90 Å². The molecular formula is C21H19F2NO2S. The molecule has 1 heterocycles. The fourth-order valence-corrected chi connectivity index (χ4v) is 3.87. The Morgan fingerprint density at radius 1 is 0.926 bits per heavy atom. The Hall–Kier alpha value is -2.47. The van der Waals surface area contributed by atoms with Crippen LogP contribution in [0.2, 0.25) is 0 Å². The van der Waals surface area contributed by atoms with Gasteiger partial charge in [-0.25, -0.2) is 13.7 Å². The summed E-state index contributed by atoms with van der Waals surface area (Å²) in [6.07, 6.45) is 0. The summed E-state index contributed by atoms with van der Waals surface area (Å²) in [6.45, 7) is 7.70. The molecular weight excluding hydrogens is 368 g/mol. The van der Waals surface area contributed by atoms with Crippen LogP contribution < -0.4 is 4.90 Å². The van der Waals surface area contributed by atoms with E-state index in [1.807, 2.05) is 39.8 Å². The molecule has 2 amide bonds. The van der Waals surface area contributed by atoms with Gasteiger partial charge in [-0.3, -0.25) is 9.59 Å². The zero-order chi connectivity index (χ0) is 19.9. The Morgan fingerprint density at radius 3 is 2.22 bits per heavy atom. The Morgan fingerprint density at radius 2 is 1.63 bits per heavy atom. The first kappa shape index (κ1) is 19.3. The average Bonchev–Trinajstić information content (AvgIpc) is 2.81. The highest BCUT2D eigenvalue weighted by Gasteiger charge is 2.41. The van der Waals surface area contributed by atoms with E-state index >= 15 is 0 Å². The number of hydrogen-bond acceptors (Lipinski definition) is 3. The number of carbonyl (C=O) groups is 2. The van der Waals surface area contributed by atoms with Crippen LogP contribution in [0.1, 0.15) is 30.5 Å². The number of amides is 2. The quantitative estimate of drug-likeness (QED) is 0.692. The number of imide groups is 1. The predicted molar refractivity (Wildman–Crippen MR) is 104 cm³/mol. The van der Waals surface area contributed by atoms with Crippen molar-refractivity contribution in [3.05, 3.63) is 69.6 Å². The first-order valence-electron chi connectivity index (χ1n) is 8.53. The van der Waals surface area contributed by atoms with E-state index in [0.717, 1.165) is 28.2 Å². The molecule has 0 fully saturated rings. The number of benzene rings is 2. The summed E-state index contributed by atoms with van der Waals surface area (Å²) in [6, 6.07) is 8.33. The molecule has 140 valence electrons. The number of anilines is 1. The summed E-state index contributed by atoms with van der Waals surface area (Å²) in [5.74, 6) is -2.91. The van der Waals surface area contributed by atoms with Crippen molar-refractivity contribution >= 4 is 34.8 Å². The smallest absolute Gasteiger partial charge is 0.268 e. The second-order valence-electron chi connectivity index (χ2n) is 6.71. The monoisotopic (exact) mass is 387 g/mol. The lowest BCUT2D eigenvalue weighted by molar-refractivity contribution is -0.119. The van der Waals surface area contributed by atoms with Gasteiger partial charge in [-0.15, -0.1) is 11.8 Å². The molecule has 0 aromatic heterocycles. The van der Waals surface area contributed by atoms with Crippen LogP contribution in [0.5, 0.6) is 0 Å². The van der Waals surface area contributed by atoms with E-state index in [1.165, 1.54) is 11.8 Å². The van der Waals surface area contributed by atoms with Crippen molar-refractivity contribution in [2.24, 2.45) is 0 Å². The molecule has 2 aromatic carbocycles. The molecule has 0 N–H and O–H groups in total. The van der Waals surface area contributed by atoms with E-state index in [9.17, 15) is 18.4 Å². The molecule has 0 radical (unpaired) electrons. The molecule has 1 aliphatic heterocycles. The Labute approximate surface area is 161 Å². The van der Waals surface area contributed by atoms with E-state index in [0.29, 0.717) is 11.6 Å². The molecule has 2 aromatic rings. The maximum Gasteiger partial charge on any atom is 0.272 e. The minimum Gasteiger partial charge on any atom is -0.268 e. The maximum atomic E-state index is 14.3. The number of thioether (sulfide) groups is 1. The van der Waals surface area contributed by atoms with Crippen LogP contribution in [-0.4, -0.2) is 17.1 Å². The third-order valence-electron chi connectivity index (χ3n) is 4.34. The minimum atomic E-state index is -0.952. The molecule has 0 atom stereocenters. The van der Waals surface area contributed by atoms with Crippen molar-refractivity contribution in [3.63, 3.8) is 0 Å². The number of carbonyl (C=O) groups excluding carboxylic acids is 2. The van der Waals surface area contributed by atoms with Crippen molar-refractivity contribution in [2.45, 2.75) is 32.9 Å². The molecule has 0 spiro atoms. The topological polar surface area (TPSA) is 37.4 Å². The SMILES string of the molecule is Cc1ccc(C2=C(SC(C)C)C(=O)N(c3ccc(F)cc3F)C2=O)cc1C. The molecule has 0 saturated heterocycles. The fourth-order valence-electron chi connectivity index (χ4n) is 2.89. The lowest BCUT2D eigenvalue weighted by atomic mass is 10.0. The Balaban J connectivity index is 2.15. The Bertz CT molecular complexity index is 982. The minimum absolute atomic E-state index is 0.0521. The normalized spacial score (nSPS) is 14.7. The largest absolute Gasteiger partial charge is 0.272 e. The van der Waals surface area contributed by atoms with Gasteiger partial charge in [0.2, 0.25) is 0 Å². The molecule has 0 saturated carbocycles. The van der Waals surface area contributed by atoms with Crippen molar-refractivity contribution in [1.82, 2.24) is 0 Å². The molecule has 3 nitrogen and oxygen atoms in total. The average molecular weight is 387 g/mol. The Kier molecular flexibility index (Phi) is 5.20. The van der Waals surface area contributed by atoms with Crippen LogP contribution >= 0.6 is 11.8 Å². The number of nitrogens with zero attached hydrogens (tertiary/aromatic N) is 1. The molecule has 3 rings (SSSR count). The van der Waals surface area contributed by atoms with Gasteiger partial charge in [0.15, 0.2) is 0 Å². The zero-order valence-corrected chi connectivity index (χ0v) is 16.3. The second kappa shape index (κ2) is 7.27. The van der Waals surface area contributed by atoms with Gasteiger partial charge in [0.25, 0.3) is 11.8 Å². The second-order valence-corrected chi connectivity index (χ2v) is 8.30. The van der Waals surface area contributed by atoms with Gasteiger partial charge >= 0.3 is 0 Å². The third kappa shape index (κ3) is 3.54. The first-order chi connectivity index (χ1) is 12.7. The first-order valence-corrected chi connectivity index (χ1v) is 9.41. The molecule has 6 heteroatoms. The van der Waals surface area contributed by atoms with Crippen molar-refractivity contribution < 1.29 is 18.4 Å². The van der Waals surface area contributed by atoms with Crippen LogP contribution in [0.3, 0.4) is 0 Å². The van der Waals surface area contributed by atoms with Gasteiger partial charge < -0.3 is 0 Å². The van der Waals surface area contributed by atoms with Gasteiger partial charge in [0.05, 0.1) is 16.2 Å². The summed E-state index contributed by atoms with van der Waals surface area (Å²) in [5, 5.41) is 0.0521. The van der Waals surface area contributed by atoms with E-state index < -0.39 is 23.4 Å². The number of hydrogen-bond donors (Lipinski definition) is 0. The summed E-state index contributed by atoms with van der Waals surface area (Å²) < 4.78 is 27.5. The van der Waals surface area contributed by atoms with Crippen LogP contribution in [-0.2, 0) is 9.59 Å². The molecule has 0 unspecified atom stereocenters. The van der Waals surface area contributed by atoms with Crippen LogP contribution in [0, 0.1) is 25.5 Å². The van der Waals surface area contributed by atoms with Gasteiger partial charge in [-0.2, -0.15) is 0 Å². The summed E-state index contributed by atoms with van der Waals surface area (Å²) in [7, 11) is 0. The third-order valence-corrected chi connectivity index (χ3v) is 5.43. The number of aryl methyl sites for hydroxylation is 2. The molecule has 0 aliphatic carbocycles. The van der Waals surface area contributed by atoms with Gasteiger partial charge in [-0.05, 0) is 42.7 Å². The molecule has 27 heavy (non-hydrogen) atoms. The van der Waals surface area contributed by atoms with Crippen LogP contribution in [0.15, 0.2) is 41.3 Å². The van der Waals surface area contributed by atoms with Crippen LogP contribution in [0.25, 0.3) is 5.57 Å².